The van der Waals surface area contributed by atoms with E-state index < -0.39 is 0 Å². The Morgan fingerprint density at radius 1 is 1.15 bits per heavy atom. The smallest absolute Gasteiger partial charge is 0.0332 e. The second-order valence-corrected chi connectivity index (χ2v) is 7.23. The van der Waals surface area contributed by atoms with Crippen LogP contribution in [-0.2, 0) is 0 Å². The first-order valence-corrected chi connectivity index (χ1v) is 8.81. The molecule has 0 amide bonds. The predicted molar refractivity (Wildman–Crippen MR) is 86.9 cm³/mol. The summed E-state index contributed by atoms with van der Waals surface area (Å²) in [5, 5.41) is 0. The van der Waals surface area contributed by atoms with Crippen LogP contribution in [-0.4, -0.2) is 54.6 Å². The molecule has 1 aliphatic carbocycles. The van der Waals surface area contributed by atoms with Crippen LogP contribution in [0, 0.1) is 11.8 Å². The zero-order valence-electron chi connectivity index (χ0n) is 13.9. The van der Waals surface area contributed by atoms with Crippen molar-refractivity contribution < 1.29 is 0 Å². The fraction of sp³-hybridized carbons (Fsp3) is 1.00. The Morgan fingerprint density at radius 3 is 2.25 bits per heavy atom. The molecule has 2 N–H and O–H groups in total. The first-order valence-electron chi connectivity index (χ1n) is 8.81. The van der Waals surface area contributed by atoms with Crippen molar-refractivity contribution in [1.82, 2.24) is 9.80 Å². The molecule has 0 radical (unpaired) electrons. The highest BCUT2D eigenvalue weighted by Crippen LogP contribution is 2.32. The summed E-state index contributed by atoms with van der Waals surface area (Å²) < 4.78 is 0. The van der Waals surface area contributed by atoms with Crippen LogP contribution in [0.2, 0.25) is 0 Å². The van der Waals surface area contributed by atoms with E-state index in [4.69, 9.17) is 5.73 Å². The maximum atomic E-state index is 6.22. The van der Waals surface area contributed by atoms with Crippen LogP contribution in [0.3, 0.4) is 0 Å². The van der Waals surface area contributed by atoms with Crippen LogP contribution in [0.15, 0.2) is 0 Å². The van der Waals surface area contributed by atoms with E-state index in [2.05, 4.69) is 30.6 Å². The van der Waals surface area contributed by atoms with Gasteiger partial charge in [0.15, 0.2) is 0 Å². The second kappa shape index (κ2) is 7.24. The third-order valence-corrected chi connectivity index (χ3v) is 5.72. The lowest BCUT2D eigenvalue weighted by Crippen LogP contribution is -2.60. The molecule has 0 aromatic heterocycles. The van der Waals surface area contributed by atoms with Crippen molar-refractivity contribution in [2.45, 2.75) is 58.4 Å². The van der Waals surface area contributed by atoms with Gasteiger partial charge in [0.1, 0.15) is 0 Å². The van der Waals surface area contributed by atoms with Crippen molar-refractivity contribution in [1.29, 1.82) is 0 Å². The molecule has 1 heterocycles. The van der Waals surface area contributed by atoms with Crippen molar-refractivity contribution in [2.75, 3.05) is 39.3 Å². The van der Waals surface area contributed by atoms with Crippen LogP contribution >= 0.6 is 0 Å². The minimum atomic E-state index is 0.251. The molecule has 2 atom stereocenters. The summed E-state index contributed by atoms with van der Waals surface area (Å²) in [7, 11) is 0. The Hall–Kier alpha value is -0.120. The Morgan fingerprint density at radius 2 is 1.80 bits per heavy atom. The molecule has 118 valence electrons. The molecule has 2 aliphatic rings. The molecular formula is C17H35N3. The molecule has 0 aromatic rings. The van der Waals surface area contributed by atoms with Gasteiger partial charge in [-0.05, 0) is 37.5 Å². The molecule has 3 heteroatoms. The number of hydrogen-bond acceptors (Lipinski definition) is 3. The molecule has 2 unspecified atom stereocenters. The van der Waals surface area contributed by atoms with Crippen LogP contribution in [0.4, 0.5) is 0 Å². The molecule has 0 spiro atoms. The summed E-state index contributed by atoms with van der Waals surface area (Å²) in [6.07, 6.45) is 6.66. The number of nitrogens with two attached hydrogens (primary N) is 1. The van der Waals surface area contributed by atoms with Crippen LogP contribution in [0.1, 0.15) is 52.9 Å². The Bertz CT molecular complexity index is 276. The van der Waals surface area contributed by atoms with E-state index in [9.17, 15) is 0 Å². The van der Waals surface area contributed by atoms with Crippen molar-refractivity contribution in [3.8, 4) is 0 Å². The summed E-state index contributed by atoms with van der Waals surface area (Å²) in [6.45, 7) is 14.1. The SMILES string of the molecule is CCC(C)CC(CC)(CN)N1CCN(CC2CC2)CC1. The van der Waals surface area contributed by atoms with E-state index in [-0.39, 0.29) is 5.54 Å². The average Bonchev–Trinajstić information content (AvgIpc) is 3.29. The van der Waals surface area contributed by atoms with E-state index in [1.54, 1.807) is 0 Å². The summed E-state index contributed by atoms with van der Waals surface area (Å²) in [4.78, 5) is 5.39. The maximum Gasteiger partial charge on any atom is 0.0332 e. The molecule has 1 saturated heterocycles. The van der Waals surface area contributed by atoms with Crippen LogP contribution in [0.5, 0.6) is 0 Å². The summed E-state index contributed by atoms with van der Waals surface area (Å²) in [5.41, 5.74) is 6.47. The van der Waals surface area contributed by atoms with Crippen molar-refractivity contribution in [2.24, 2.45) is 17.6 Å². The van der Waals surface area contributed by atoms with Crippen molar-refractivity contribution in [3.05, 3.63) is 0 Å². The molecule has 3 nitrogen and oxygen atoms in total. The third kappa shape index (κ3) is 3.96. The fourth-order valence-corrected chi connectivity index (χ4v) is 3.72. The van der Waals surface area contributed by atoms with Gasteiger partial charge in [0.2, 0.25) is 0 Å². The van der Waals surface area contributed by atoms with Gasteiger partial charge in [-0.15, -0.1) is 0 Å². The van der Waals surface area contributed by atoms with Gasteiger partial charge in [0.25, 0.3) is 0 Å². The fourth-order valence-electron chi connectivity index (χ4n) is 3.72. The third-order valence-electron chi connectivity index (χ3n) is 5.72. The van der Waals surface area contributed by atoms with Crippen molar-refractivity contribution >= 4 is 0 Å². The van der Waals surface area contributed by atoms with Gasteiger partial charge >= 0.3 is 0 Å². The van der Waals surface area contributed by atoms with Gasteiger partial charge in [-0.1, -0.05) is 27.2 Å². The molecule has 2 fully saturated rings. The molecule has 2 rings (SSSR count). The lowest BCUT2D eigenvalue weighted by molar-refractivity contribution is 0.0177. The van der Waals surface area contributed by atoms with Gasteiger partial charge in [-0.3, -0.25) is 4.90 Å². The first-order chi connectivity index (χ1) is 9.63. The predicted octanol–water partition coefficient (Wildman–Crippen LogP) is 2.56. The number of nitrogens with zero attached hydrogens (tertiary/aromatic N) is 2. The second-order valence-electron chi connectivity index (χ2n) is 7.23. The molecule has 1 aliphatic heterocycles. The summed E-state index contributed by atoms with van der Waals surface area (Å²) in [5.74, 6) is 1.80. The van der Waals surface area contributed by atoms with E-state index >= 15 is 0 Å². The summed E-state index contributed by atoms with van der Waals surface area (Å²) in [6, 6.07) is 0. The molecule has 20 heavy (non-hydrogen) atoms. The minimum absolute atomic E-state index is 0.251. The van der Waals surface area contributed by atoms with E-state index in [1.165, 1.54) is 64.8 Å². The average molecular weight is 281 g/mol. The monoisotopic (exact) mass is 281 g/mol. The zero-order chi connectivity index (χ0) is 14.6. The largest absolute Gasteiger partial charge is 0.329 e. The Balaban J connectivity index is 1.89. The molecule has 0 bridgehead atoms. The lowest BCUT2D eigenvalue weighted by Gasteiger charge is -2.48. The van der Waals surface area contributed by atoms with Crippen LogP contribution in [0.25, 0.3) is 0 Å². The van der Waals surface area contributed by atoms with Gasteiger partial charge in [0, 0.05) is 44.8 Å². The highest BCUT2D eigenvalue weighted by atomic mass is 15.3. The Kier molecular flexibility index (Phi) is 5.88. The first kappa shape index (κ1) is 16.3. The summed E-state index contributed by atoms with van der Waals surface area (Å²) >= 11 is 0. The van der Waals surface area contributed by atoms with E-state index in [0.717, 1.165) is 18.4 Å². The Labute approximate surface area is 125 Å². The molecular weight excluding hydrogens is 246 g/mol. The molecule has 0 aromatic carbocycles. The lowest BCUT2D eigenvalue weighted by atomic mass is 9.82. The van der Waals surface area contributed by atoms with E-state index in [1.807, 2.05) is 0 Å². The number of hydrogen-bond donors (Lipinski definition) is 1. The van der Waals surface area contributed by atoms with Gasteiger partial charge in [0.05, 0.1) is 0 Å². The quantitative estimate of drug-likeness (QED) is 0.742. The minimum Gasteiger partial charge on any atom is -0.329 e. The van der Waals surface area contributed by atoms with E-state index in [0.29, 0.717) is 0 Å². The van der Waals surface area contributed by atoms with Gasteiger partial charge < -0.3 is 10.6 Å². The normalized spacial score (nSPS) is 26.4. The topological polar surface area (TPSA) is 32.5 Å². The van der Waals surface area contributed by atoms with Gasteiger partial charge in [-0.2, -0.15) is 0 Å². The highest BCUT2D eigenvalue weighted by Gasteiger charge is 2.37. The zero-order valence-corrected chi connectivity index (χ0v) is 13.9. The maximum absolute atomic E-state index is 6.22. The van der Waals surface area contributed by atoms with Crippen LogP contribution < -0.4 is 5.73 Å². The van der Waals surface area contributed by atoms with Crippen molar-refractivity contribution in [3.63, 3.8) is 0 Å². The standard InChI is InChI=1S/C17H35N3/c1-4-15(3)12-17(5-2,14-18)20-10-8-19(9-11-20)13-16-6-7-16/h15-16H,4-14,18H2,1-3H3. The number of piperazine rings is 1. The number of rotatable bonds is 8. The molecule has 1 saturated carbocycles. The highest BCUT2D eigenvalue weighted by molar-refractivity contribution is 4.94. The van der Waals surface area contributed by atoms with Gasteiger partial charge in [-0.25, -0.2) is 0 Å².